The molecule has 0 aromatic heterocycles. The predicted molar refractivity (Wildman–Crippen MR) is 101 cm³/mol. The fraction of sp³-hybridized carbons (Fsp3) is 0.409. The lowest BCUT2D eigenvalue weighted by molar-refractivity contribution is -0.126. The number of carbonyl (C=O) groups is 1. The monoisotopic (exact) mass is 340 g/mol. The van der Waals surface area contributed by atoms with E-state index in [1.807, 2.05) is 56.3 Å². The van der Waals surface area contributed by atoms with Crippen molar-refractivity contribution >= 4 is 5.78 Å². The van der Waals surface area contributed by atoms with Crippen molar-refractivity contribution in [1.82, 2.24) is 0 Å². The van der Waals surface area contributed by atoms with Gasteiger partial charge in [0, 0.05) is 11.3 Å². The van der Waals surface area contributed by atoms with Crippen LogP contribution in [0.15, 0.2) is 60.4 Å². The molecule has 3 heteroatoms. The first-order chi connectivity index (χ1) is 11.9. The van der Waals surface area contributed by atoms with Gasteiger partial charge in [0.2, 0.25) is 0 Å². The molecule has 2 rings (SSSR count). The molecule has 0 radical (unpaired) electrons. The summed E-state index contributed by atoms with van der Waals surface area (Å²) in [7, 11) is 0. The SMILES string of the molecule is CCC1(C)C=CC=C(Oc2ccc(COCC(=O)C(C)C)cc2)C=C1. The first-order valence-electron chi connectivity index (χ1n) is 8.88. The third-order valence-electron chi connectivity index (χ3n) is 4.44. The Morgan fingerprint density at radius 2 is 1.88 bits per heavy atom. The van der Waals surface area contributed by atoms with E-state index in [1.165, 1.54) is 0 Å². The van der Waals surface area contributed by atoms with Crippen LogP contribution in [0, 0.1) is 11.3 Å². The molecule has 1 aromatic carbocycles. The molecule has 1 aliphatic carbocycles. The van der Waals surface area contributed by atoms with Gasteiger partial charge in [-0.3, -0.25) is 4.79 Å². The Bertz CT molecular complexity index is 665. The van der Waals surface area contributed by atoms with Crippen LogP contribution < -0.4 is 4.74 Å². The van der Waals surface area contributed by atoms with Crippen molar-refractivity contribution in [3.05, 3.63) is 66.0 Å². The first kappa shape index (κ1) is 19.2. The maximum Gasteiger partial charge on any atom is 0.160 e. The van der Waals surface area contributed by atoms with Crippen LogP contribution in [0.1, 0.15) is 39.7 Å². The molecule has 0 fully saturated rings. The van der Waals surface area contributed by atoms with Crippen LogP contribution in [0.3, 0.4) is 0 Å². The summed E-state index contributed by atoms with van der Waals surface area (Å²) >= 11 is 0. The molecule has 0 N–H and O–H groups in total. The molecule has 25 heavy (non-hydrogen) atoms. The topological polar surface area (TPSA) is 35.5 Å². The van der Waals surface area contributed by atoms with E-state index in [4.69, 9.17) is 9.47 Å². The van der Waals surface area contributed by atoms with Gasteiger partial charge in [-0.25, -0.2) is 0 Å². The molecule has 1 atom stereocenters. The lowest BCUT2D eigenvalue weighted by Crippen LogP contribution is -2.14. The minimum atomic E-state index is 0.0142. The Morgan fingerprint density at radius 3 is 2.52 bits per heavy atom. The number of allylic oxidation sites excluding steroid dienone is 5. The molecule has 0 saturated heterocycles. The van der Waals surface area contributed by atoms with Crippen LogP contribution >= 0.6 is 0 Å². The van der Waals surface area contributed by atoms with E-state index in [1.54, 1.807) is 0 Å². The Hall–Kier alpha value is -2.13. The summed E-state index contributed by atoms with van der Waals surface area (Å²) < 4.78 is 11.4. The second-order valence-corrected chi connectivity index (χ2v) is 6.98. The molecule has 0 aliphatic heterocycles. The molecular formula is C22H28O3. The third-order valence-corrected chi connectivity index (χ3v) is 4.44. The fourth-order valence-electron chi connectivity index (χ4n) is 2.28. The lowest BCUT2D eigenvalue weighted by Gasteiger charge is -2.18. The Kier molecular flexibility index (Phi) is 6.77. The Morgan fingerprint density at radius 1 is 1.16 bits per heavy atom. The summed E-state index contributed by atoms with van der Waals surface area (Å²) in [5, 5.41) is 0. The van der Waals surface area contributed by atoms with Crippen LogP contribution in [-0.2, 0) is 16.1 Å². The van der Waals surface area contributed by atoms with Crippen molar-refractivity contribution in [1.29, 1.82) is 0 Å². The van der Waals surface area contributed by atoms with Gasteiger partial charge >= 0.3 is 0 Å². The van der Waals surface area contributed by atoms with Crippen LogP contribution in [0.4, 0.5) is 0 Å². The molecule has 0 bridgehead atoms. The number of ether oxygens (including phenoxy) is 2. The molecule has 134 valence electrons. The van der Waals surface area contributed by atoms with E-state index in [9.17, 15) is 4.79 Å². The van der Waals surface area contributed by atoms with Gasteiger partial charge < -0.3 is 9.47 Å². The van der Waals surface area contributed by atoms with E-state index >= 15 is 0 Å². The second-order valence-electron chi connectivity index (χ2n) is 6.98. The number of hydrogen-bond donors (Lipinski definition) is 0. The molecule has 1 aliphatic rings. The van der Waals surface area contributed by atoms with Gasteiger partial charge in [0.1, 0.15) is 18.1 Å². The average molecular weight is 340 g/mol. The van der Waals surface area contributed by atoms with E-state index in [2.05, 4.69) is 26.0 Å². The number of benzene rings is 1. The van der Waals surface area contributed by atoms with Crippen molar-refractivity contribution in [3.63, 3.8) is 0 Å². The molecule has 1 aromatic rings. The second kappa shape index (κ2) is 8.82. The van der Waals surface area contributed by atoms with Crippen molar-refractivity contribution in [2.24, 2.45) is 11.3 Å². The number of carbonyl (C=O) groups excluding carboxylic acids is 1. The maximum atomic E-state index is 11.5. The molecule has 1 unspecified atom stereocenters. The van der Waals surface area contributed by atoms with Crippen molar-refractivity contribution in [2.45, 2.75) is 40.7 Å². The Labute approximate surface area is 151 Å². The summed E-state index contributed by atoms with van der Waals surface area (Å²) in [6, 6.07) is 7.76. The molecular weight excluding hydrogens is 312 g/mol. The van der Waals surface area contributed by atoms with Crippen LogP contribution in [0.5, 0.6) is 5.75 Å². The number of hydrogen-bond acceptors (Lipinski definition) is 3. The van der Waals surface area contributed by atoms with Gasteiger partial charge in [-0.1, -0.05) is 58.1 Å². The molecule has 0 saturated carbocycles. The van der Waals surface area contributed by atoms with Gasteiger partial charge in [-0.2, -0.15) is 0 Å². The van der Waals surface area contributed by atoms with Crippen LogP contribution in [0.25, 0.3) is 0 Å². The minimum absolute atomic E-state index is 0.0142. The zero-order valence-corrected chi connectivity index (χ0v) is 15.6. The minimum Gasteiger partial charge on any atom is -0.457 e. The quantitative estimate of drug-likeness (QED) is 0.650. The Balaban J connectivity index is 1.88. The molecule has 3 nitrogen and oxygen atoms in total. The zero-order valence-electron chi connectivity index (χ0n) is 15.6. The van der Waals surface area contributed by atoms with E-state index in [-0.39, 0.29) is 23.7 Å². The highest BCUT2D eigenvalue weighted by Crippen LogP contribution is 2.28. The zero-order chi connectivity index (χ0) is 18.3. The van der Waals surface area contributed by atoms with Gasteiger partial charge in [0.05, 0.1) is 6.61 Å². The molecule has 0 spiro atoms. The number of rotatable bonds is 8. The average Bonchev–Trinajstić information content (AvgIpc) is 2.79. The summed E-state index contributed by atoms with van der Waals surface area (Å²) in [5.41, 5.74) is 1.10. The highest BCUT2D eigenvalue weighted by atomic mass is 16.5. The maximum absolute atomic E-state index is 11.5. The summed E-state index contributed by atoms with van der Waals surface area (Å²) in [6.07, 6.45) is 11.5. The lowest BCUT2D eigenvalue weighted by atomic mass is 9.87. The standard InChI is InChI=1S/C22H28O3/c1-5-22(4)13-6-7-19(12-14-22)25-20-10-8-18(9-11-20)15-24-16-21(23)17(2)3/h6-14,17H,5,15-16H2,1-4H3. The van der Waals surface area contributed by atoms with Gasteiger partial charge in [0.15, 0.2) is 5.78 Å². The van der Waals surface area contributed by atoms with Gasteiger partial charge in [-0.15, -0.1) is 0 Å². The number of Topliss-reactive ketones (excluding diaryl/α,β-unsaturated/α-hetero) is 1. The van der Waals surface area contributed by atoms with Gasteiger partial charge in [0.25, 0.3) is 0 Å². The highest BCUT2D eigenvalue weighted by molar-refractivity contribution is 5.81. The number of ketones is 1. The van der Waals surface area contributed by atoms with Crippen molar-refractivity contribution in [2.75, 3.05) is 6.61 Å². The van der Waals surface area contributed by atoms with Gasteiger partial charge in [-0.05, 0) is 36.3 Å². The summed E-state index contributed by atoms with van der Waals surface area (Å²) in [5.74, 6) is 1.74. The smallest absolute Gasteiger partial charge is 0.160 e. The predicted octanol–water partition coefficient (Wildman–Crippen LogP) is 5.23. The van der Waals surface area contributed by atoms with E-state index < -0.39 is 0 Å². The third kappa shape index (κ3) is 6.02. The molecule has 0 amide bonds. The normalized spacial score (nSPS) is 19.6. The largest absolute Gasteiger partial charge is 0.457 e. The highest BCUT2D eigenvalue weighted by Gasteiger charge is 2.15. The van der Waals surface area contributed by atoms with Crippen LogP contribution in [0.2, 0.25) is 0 Å². The van der Waals surface area contributed by atoms with E-state index in [0.717, 1.165) is 23.5 Å². The summed E-state index contributed by atoms with van der Waals surface area (Å²) in [4.78, 5) is 11.5. The first-order valence-corrected chi connectivity index (χ1v) is 8.88. The summed E-state index contributed by atoms with van der Waals surface area (Å²) in [6.45, 7) is 8.74. The van der Waals surface area contributed by atoms with Crippen LogP contribution in [-0.4, -0.2) is 12.4 Å². The fourth-order valence-corrected chi connectivity index (χ4v) is 2.28. The van der Waals surface area contributed by atoms with Crippen molar-refractivity contribution in [3.8, 4) is 5.75 Å². The molecule has 0 heterocycles. The van der Waals surface area contributed by atoms with E-state index in [0.29, 0.717) is 6.61 Å². The van der Waals surface area contributed by atoms with Crippen molar-refractivity contribution < 1.29 is 14.3 Å².